The number of benzene rings is 1. The van der Waals surface area contributed by atoms with Gasteiger partial charge >= 0.3 is 0 Å². The number of hydrogen-bond acceptors (Lipinski definition) is 4. The topological polar surface area (TPSA) is 46.0 Å². The number of piperidine rings is 1. The van der Waals surface area contributed by atoms with Crippen LogP contribution in [-0.4, -0.2) is 38.8 Å². The number of nitrogens with zero attached hydrogens (tertiary/aromatic N) is 4. The van der Waals surface area contributed by atoms with Gasteiger partial charge in [-0.1, -0.05) is 18.2 Å². The zero-order valence-corrected chi connectivity index (χ0v) is 15.3. The zero-order valence-electron chi connectivity index (χ0n) is 15.3. The van der Waals surface area contributed by atoms with E-state index in [4.69, 9.17) is 0 Å². The lowest BCUT2D eigenvalue weighted by atomic mass is 10.1. The molecule has 27 heavy (non-hydrogen) atoms. The van der Waals surface area contributed by atoms with E-state index in [0.29, 0.717) is 11.7 Å². The molecule has 0 bridgehead atoms. The van der Waals surface area contributed by atoms with Crippen LogP contribution in [0.25, 0.3) is 5.69 Å². The van der Waals surface area contributed by atoms with Crippen molar-refractivity contribution in [3.63, 3.8) is 0 Å². The van der Waals surface area contributed by atoms with Gasteiger partial charge in [0, 0.05) is 43.6 Å². The molecular weight excluding hydrogens is 341 g/mol. The van der Waals surface area contributed by atoms with E-state index in [2.05, 4.69) is 26.4 Å². The minimum atomic E-state index is -0.266. The molecule has 1 aliphatic heterocycles. The standard InChI is InChI=1S/C21H24FN5/c22-20-8-1-2-9-21(20)27-14-17(13-25-27)12-24-19-7-5-11-26(16-19)15-18-6-3-4-10-23-18/h1-4,6,8-10,13-14,19,24H,5,7,11-12,15-16H2. The molecule has 0 radical (unpaired) electrons. The minimum Gasteiger partial charge on any atom is -0.309 e. The van der Waals surface area contributed by atoms with Gasteiger partial charge in [0.1, 0.15) is 11.5 Å². The second-order valence-electron chi connectivity index (χ2n) is 7.02. The molecule has 0 spiro atoms. The van der Waals surface area contributed by atoms with Gasteiger partial charge in [-0.2, -0.15) is 5.10 Å². The quantitative estimate of drug-likeness (QED) is 0.729. The van der Waals surface area contributed by atoms with E-state index in [9.17, 15) is 4.39 Å². The third kappa shape index (κ3) is 4.59. The van der Waals surface area contributed by atoms with E-state index in [1.54, 1.807) is 23.0 Å². The van der Waals surface area contributed by atoms with Crippen LogP contribution in [0.4, 0.5) is 4.39 Å². The van der Waals surface area contributed by atoms with Crippen molar-refractivity contribution in [2.45, 2.75) is 32.0 Å². The first kappa shape index (κ1) is 17.8. The molecule has 1 aromatic carbocycles. The Kier molecular flexibility index (Phi) is 5.55. The maximum atomic E-state index is 13.9. The van der Waals surface area contributed by atoms with Crippen molar-refractivity contribution < 1.29 is 4.39 Å². The molecule has 1 saturated heterocycles. The molecular formula is C21H24FN5. The van der Waals surface area contributed by atoms with Crippen LogP contribution >= 0.6 is 0 Å². The van der Waals surface area contributed by atoms with Crippen molar-refractivity contribution in [3.05, 3.63) is 78.1 Å². The molecule has 5 nitrogen and oxygen atoms in total. The van der Waals surface area contributed by atoms with E-state index in [-0.39, 0.29) is 5.82 Å². The molecule has 1 atom stereocenters. The Morgan fingerprint density at radius 1 is 1.15 bits per heavy atom. The molecule has 140 valence electrons. The molecule has 3 heterocycles. The fraction of sp³-hybridized carbons (Fsp3) is 0.333. The van der Waals surface area contributed by atoms with Crippen LogP contribution in [0.15, 0.2) is 61.1 Å². The minimum absolute atomic E-state index is 0.266. The summed E-state index contributed by atoms with van der Waals surface area (Å²) in [6, 6.07) is 13.2. The summed E-state index contributed by atoms with van der Waals surface area (Å²) in [5.41, 5.74) is 2.65. The predicted molar refractivity (Wildman–Crippen MR) is 103 cm³/mol. The summed E-state index contributed by atoms with van der Waals surface area (Å²) in [6.45, 7) is 3.75. The number of halogens is 1. The molecule has 6 heteroatoms. The summed E-state index contributed by atoms with van der Waals surface area (Å²) >= 11 is 0. The highest BCUT2D eigenvalue weighted by Gasteiger charge is 2.20. The van der Waals surface area contributed by atoms with Gasteiger partial charge in [-0.05, 0) is 43.7 Å². The Morgan fingerprint density at radius 2 is 2.04 bits per heavy atom. The molecule has 0 aliphatic carbocycles. The molecule has 1 aliphatic rings. The highest BCUT2D eigenvalue weighted by Crippen LogP contribution is 2.15. The average molecular weight is 365 g/mol. The van der Waals surface area contributed by atoms with Gasteiger partial charge in [-0.15, -0.1) is 0 Å². The first-order valence-corrected chi connectivity index (χ1v) is 9.42. The normalized spacial score (nSPS) is 17.9. The molecule has 0 saturated carbocycles. The SMILES string of the molecule is Fc1ccccc1-n1cc(CNC2CCCN(Cc3ccccn3)C2)cn1. The monoisotopic (exact) mass is 365 g/mol. The van der Waals surface area contributed by atoms with Crippen LogP contribution in [0.5, 0.6) is 0 Å². The fourth-order valence-electron chi connectivity index (χ4n) is 3.57. The summed E-state index contributed by atoms with van der Waals surface area (Å²) in [4.78, 5) is 6.88. The smallest absolute Gasteiger partial charge is 0.148 e. The van der Waals surface area contributed by atoms with Gasteiger partial charge in [0.05, 0.1) is 11.9 Å². The van der Waals surface area contributed by atoms with Crippen molar-refractivity contribution in [3.8, 4) is 5.69 Å². The van der Waals surface area contributed by atoms with Gasteiger partial charge in [-0.25, -0.2) is 9.07 Å². The molecule has 1 unspecified atom stereocenters. The molecule has 1 fully saturated rings. The molecule has 0 amide bonds. The van der Waals surface area contributed by atoms with Crippen LogP contribution < -0.4 is 5.32 Å². The lowest BCUT2D eigenvalue weighted by molar-refractivity contribution is 0.181. The van der Waals surface area contributed by atoms with E-state index in [1.807, 2.05) is 30.6 Å². The Morgan fingerprint density at radius 3 is 2.89 bits per heavy atom. The van der Waals surface area contributed by atoms with Crippen LogP contribution in [0, 0.1) is 5.82 Å². The van der Waals surface area contributed by atoms with Crippen molar-refractivity contribution in [2.75, 3.05) is 13.1 Å². The number of likely N-dealkylation sites (tertiary alicyclic amines) is 1. The maximum absolute atomic E-state index is 13.9. The van der Waals surface area contributed by atoms with E-state index < -0.39 is 0 Å². The highest BCUT2D eigenvalue weighted by molar-refractivity contribution is 5.32. The third-order valence-electron chi connectivity index (χ3n) is 4.95. The van der Waals surface area contributed by atoms with Crippen molar-refractivity contribution in [2.24, 2.45) is 0 Å². The predicted octanol–water partition coefficient (Wildman–Crippen LogP) is 3.16. The van der Waals surface area contributed by atoms with Crippen LogP contribution in [-0.2, 0) is 13.1 Å². The molecule has 3 aromatic rings. The number of rotatable bonds is 6. The second kappa shape index (κ2) is 8.41. The Labute approximate surface area is 158 Å². The summed E-state index contributed by atoms with van der Waals surface area (Å²) < 4.78 is 15.5. The Balaban J connectivity index is 1.32. The fourth-order valence-corrected chi connectivity index (χ4v) is 3.57. The molecule has 1 N–H and O–H groups in total. The number of pyridine rings is 1. The van der Waals surface area contributed by atoms with E-state index in [0.717, 1.165) is 37.4 Å². The van der Waals surface area contributed by atoms with Gasteiger partial charge in [0.2, 0.25) is 0 Å². The maximum Gasteiger partial charge on any atom is 0.148 e. The van der Waals surface area contributed by atoms with Crippen molar-refractivity contribution >= 4 is 0 Å². The summed E-state index contributed by atoms with van der Waals surface area (Å²) in [6.07, 6.45) is 7.88. The van der Waals surface area contributed by atoms with Gasteiger partial charge < -0.3 is 5.32 Å². The first-order valence-electron chi connectivity index (χ1n) is 9.42. The zero-order chi connectivity index (χ0) is 18.5. The van der Waals surface area contributed by atoms with Crippen molar-refractivity contribution in [1.29, 1.82) is 0 Å². The first-order chi connectivity index (χ1) is 13.3. The average Bonchev–Trinajstić information content (AvgIpc) is 3.17. The lowest BCUT2D eigenvalue weighted by Crippen LogP contribution is -2.45. The lowest BCUT2D eigenvalue weighted by Gasteiger charge is -2.33. The van der Waals surface area contributed by atoms with Gasteiger partial charge in [0.15, 0.2) is 0 Å². The summed E-state index contributed by atoms with van der Waals surface area (Å²) in [5.74, 6) is -0.266. The number of nitrogens with one attached hydrogen (secondary N) is 1. The number of hydrogen-bond donors (Lipinski definition) is 1. The van der Waals surface area contributed by atoms with Crippen LogP contribution in [0.2, 0.25) is 0 Å². The molecule has 4 rings (SSSR count). The van der Waals surface area contributed by atoms with Crippen LogP contribution in [0.3, 0.4) is 0 Å². The Hall–Kier alpha value is -2.57. The second-order valence-corrected chi connectivity index (χ2v) is 7.02. The largest absolute Gasteiger partial charge is 0.309 e. The van der Waals surface area contributed by atoms with Crippen molar-refractivity contribution in [1.82, 2.24) is 25.0 Å². The van der Waals surface area contributed by atoms with Gasteiger partial charge in [0.25, 0.3) is 0 Å². The Bertz CT molecular complexity index is 864. The molecule has 2 aromatic heterocycles. The van der Waals surface area contributed by atoms with Gasteiger partial charge in [-0.3, -0.25) is 9.88 Å². The number of aromatic nitrogens is 3. The van der Waals surface area contributed by atoms with E-state index >= 15 is 0 Å². The summed E-state index contributed by atoms with van der Waals surface area (Å²) in [5, 5.41) is 7.92. The third-order valence-corrected chi connectivity index (χ3v) is 4.95. The summed E-state index contributed by atoms with van der Waals surface area (Å²) in [7, 11) is 0. The van der Waals surface area contributed by atoms with Crippen LogP contribution in [0.1, 0.15) is 24.1 Å². The number of para-hydroxylation sites is 1. The highest BCUT2D eigenvalue weighted by atomic mass is 19.1. The van der Waals surface area contributed by atoms with E-state index in [1.165, 1.54) is 18.9 Å².